The quantitative estimate of drug-likeness (QED) is 0.509. The van der Waals surface area contributed by atoms with Gasteiger partial charge in [0.25, 0.3) is 17.0 Å². The van der Waals surface area contributed by atoms with Crippen molar-refractivity contribution in [3.05, 3.63) is 68.7 Å². The second-order valence-electron chi connectivity index (χ2n) is 7.12. The van der Waals surface area contributed by atoms with Crippen molar-refractivity contribution in [2.75, 3.05) is 26.4 Å². The molecular formula is C22H21N3O7. The predicted molar refractivity (Wildman–Crippen MR) is 114 cm³/mol. The summed E-state index contributed by atoms with van der Waals surface area (Å²) in [6.45, 7) is 0.355. The second-order valence-corrected chi connectivity index (χ2v) is 7.12. The number of carbonyl (C=O) groups is 2. The minimum absolute atomic E-state index is 0.195. The molecular weight excluding hydrogens is 418 g/mol. The average Bonchev–Trinajstić information content (AvgIpc) is 2.81. The van der Waals surface area contributed by atoms with E-state index < -0.39 is 36.1 Å². The maximum atomic E-state index is 12.4. The minimum atomic E-state index is -0.819. The number of nitrogens with zero attached hydrogens (tertiary/aromatic N) is 1. The number of fused-ring (bicyclic) bond motifs is 2. The summed E-state index contributed by atoms with van der Waals surface area (Å²) in [6.07, 6.45) is 0.560. The molecule has 2 heterocycles. The molecule has 0 saturated carbocycles. The lowest BCUT2D eigenvalue weighted by Gasteiger charge is -2.18. The molecule has 1 aliphatic rings. The molecule has 0 unspecified atom stereocenters. The van der Waals surface area contributed by atoms with Gasteiger partial charge in [0.05, 0.1) is 10.8 Å². The first-order chi connectivity index (χ1) is 15.5. The molecule has 0 atom stereocenters. The molecule has 1 aliphatic heterocycles. The molecule has 32 heavy (non-hydrogen) atoms. The summed E-state index contributed by atoms with van der Waals surface area (Å²) in [5.74, 6) is 0.0778. The number of rotatable bonds is 7. The van der Waals surface area contributed by atoms with Crippen molar-refractivity contribution in [1.82, 2.24) is 15.1 Å². The van der Waals surface area contributed by atoms with E-state index in [9.17, 15) is 19.2 Å². The van der Waals surface area contributed by atoms with Crippen molar-refractivity contribution in [2.45, 2.75) is 13.0 Å². The fourth-order valence-corrected chi connectivity index (χ4v) is 3.32. The molecule has 0 saturated heterocycles. The fraction of sp³-hybridized carbons (Fsp3) is 0.273. The zero-order chi connectivity index (χ0) is 22.5. The van der Waals surface area contributed by atoms with Crippen LogP contribution in [0.1, 0.15) is 5.56 Å². The van der Waals surface area contributed by atoms with Crippen molar-refractivity contribution in [3.63, 3.8) is 0 Å². The highest BCUT2D eigenvalue weighted by Gasteiger charge is 2.14. The van der Waals surface area contributed by atoms with Crippen molar-refractivity contribution < 1.29 is 23.8 Å². The highest BCUT2D eigenvalue weighted by molar-refractivity contribution is 5.81. The number of hydrogen-bond acceptors (Lipinski definition) is 7. The standard InChI is InChI=1S/C22H21N3O7/c26-19(23-8-7-14-5-6-17-18(11-14)31-10-9-30-17)13-32-20(27)12-25-22(29)16-4-2-1-3-15(16)21(28)24-25/h1-6,11H,7-10,12-13H2,(H,23,26)(H,24,28). The second kappa shape index (κ2) is 9.38. The largest absolute Gasteiger partial charge is 0.486 e. The molecule has 0 aliphatic carbocycles. The van der Waals surface area contributed by atoms with Gasteiger partial charge in [0, 0.05) is 6.54 Å². The Kier molecular flexibility index (Phi) is 6.20. The van der Waals surface area contributed by atoms with Gasteiger partial charge in [-0.25, -0.2) is 4.68 Å². The summed E-state index contributed by atoms with van der Waals surface area (Å²) >= 11 is 0. The molecule has 1 aromatic heterocycles. The summed E-state index contributed by atoms with van der Waals surface area (Å²) in [4.78, 5) is 48.5. The van der Waals surface area contributed by atoms with Crippen LogP contribution in [0.5, 0.6) is 11.5 Å². The van der Waals surface area contributed by atoms with E-state index in [0.29, 0.717) is 37.7 Å². The van der Waals surface area contributed by atoms with Crippen molar-refractivity contribution >= 4 is 22.6 Å². The summed E-state index contributed by atoms with van der Waals surface area (Å²) in [5, 5.41) is 5.43. The normalized spacial score (nSPS) is 12.4. The topological polar surface area (TPSA) is 129 Å². The van der Waals surface area contributed by atoms with E-state index in [1.54, 1.807) is 12.1 Å². The number of ether oxygens (including phenoxy) is 3. The predicted octanol–water partition coefficient (Wildman–Crippen LogP) is 0.363. The van der Waals surface area contributed by atoms with Crippen LogP contribution in [-0.4, -0.2) is 48.0 Å². The van der Waals surface area contributed by atoms with E-state index in [4.69, 9.17) is 14.2 Å². The minimum Gasteiger partial charge on any atom is -0.486 e. The first-order valence-electron chi connectivity index (χ1n) is 10.0. The molecule has 0 bridgehead atoms. The third-order valence-corrected chi connectivity index (χ3v) is 4.88. The molecule has 4 rings (SSSR count). The van der Waals surface area contributed by atoms with E-state index in [-0.39, 0.29) is 10.8 Å². The third-order valence-electron chi connectivity index (χ3n) is 4.88. The van der Waals surface area contributed by atoms with Gasteiger partial charge in [-0.3, -0.25) is 24.3 Å². The van der Waals surface area contributed by atoms with Crippen LogP contribution in [0, 0.1) is 0 Å². The van der Waals surface area contributed by atoms with Crippen LogP contribution in [0.3, 0.4) is 0 Å². The Morgan fingerprint density at radius 1 is 1.03 bits per heavy atom. The molecule has 2 aromatic carbocycles. The van der Waals surface area contributed by atoms with E-state index in [2.05, 4.69) is 10.4 Å². The van der Waals surface area contributed by atoms with Gasteiger partial charge >= 0.3 is 5.97 Å². The summed E-state index contributed by atoms with van der Waals surface area (Å²) in [6, 6.07) is 11.9. The Morgan fingerprint density at radius 3 is 2.59 bits per heavy atom. The first kappa shape index (κ1) is 21.2. The van der Waals surface area contributed by atoms with E-state index in [1.807, 2.05) is 18.2 Å². The number of esters is 1. The number of benzene rings is 2. The fourth-order valence-electron chi connectivity index (χ4n) is 3.32. The number of aromatic amines is 1. The van der Waals surface area contributed by atoms with Crippen LogP contribution < -0.4 is 25.9 Å². The SMILES string of the molecule is O=C(COC(=O)Cn1[nH]c(=O)c2ccccc2c1=O)NCCc1ccc2c(c1)OCCO2. The number of H-pyrrole nitrogens is 1. The van der Waals surface area contributed by atoms with Gasteiger partial charge in [-0.05, 0) is 36.2 Å². The van der Waals surface area contributed by atoms with Crippen LogP contribution in [0.2, 0.25) is 0 Å². The summed E-state index contributed by atoms with van der Waals surface area (Å²) < 4.78 is 16.8. The molecule has 0 fully saturated rings. The van der Waals surface area contributed by atoms with Gasteiger partial charge in [0.2, 0.25) is 0 Å². The molecule has 0 spiro atoms. The zero-order valence-electron chi connectivity index (χ0n) is 17.1. The molecule has 166 valence electrons. The average molecular weight is 439 g/mol. The molecule has 1 amide bonds. The third kappa shape index (κ3) is 4.80. The molecule has 10 nitrogen and oxygen atoms in total. The van der Waals surface area contributed by atoms with E-state index in [0.717, 1.165) is 10.2 Å². The van der Waals surface area contributed by atoms with Gasteiger partial charge in [-0.15, -0.1) is 0 Å². The molecule has 0 radical (unpaired) electrons. The zero-order valence-corrected chi connectivity index (χ0v) is 17.1. The molecule has 3 aromatic rings. The van der Waals surface area contributed by atoms with Gasteiger partial charge in [-0.1, -0.05) is 18.2 Å². The van der Waals surface area contributed by atoms with Crippen LogP contribution in [0.4, 0.5) is 0 Å². The summed E-state index contributed by atoms with van der Waals surface area (Å²) in [7, 11) is 0. The van der Waals surface area contributed by atoms with Crippen molar-refractivity contribution in [2.24, 2.45) is 0 Å². The van der Waals surface area contributed by atoms with Crippen molar-refractivity contribution in [3.8, 4) is 11.5 Å². The Morgan fingerprint density at radius 2 is 1.78 bits per heavy atom. The molecule has 2 N–H and O–H groups in total. The lowest BCUT2D eigenvalue weighted by atomic mass is 10.1. The van der Waals surface area contributed by atoms with Crippen LogP contribution in [0.15, 0.2) is 52.1 Å². The smallest absolute Gasteiger partial charge is 0.328 e. The maximum absolute atomic E-state index is 12.4. The Hall–Kier alpha value is -4.08. The number of carbonyl (C=O) groups excluding carboxylic acids is 2. The lowest BCUT2D eigenvalue weighted by molar-refractivity contribution is -0.149. The van der Waals surface area contributed by atoms with E-state index >= 15 is 0 Å². The lowest BCUT2D eigenvalue weighted by Crippen LogP contribution is -2.35. The molecule has 10 heteroatoms. The van der Waals surface area contributed by atoms with Crippen molar-refractivity contribution in [1.29, 1.82) is 0 Å². The number of hydrogen-bond donors (Lipinski definition) is 2. The maximum Gasteiger partial charge on any atom is 0.328 e. The number of amides is 1. The van der Waals surface area contributed by atoms with E-state index in [1.165, 1.54) is 12.1 Å². The highest BCUT2D eigenvalue weighted by atomic mass is 16.6. The Labute approximate surface area is 181 Å². The van der Waals surface area contributed by atoms with Crippen LogP contribution in [-0.2, 0) is 27.3 Å². The number of aromatic nitrogens is 2. The summed E-state index contributed by atoms with van der Waals surface area (Å²) in [5.41, 5.74) is -0.0582. The Balaban J connectivity index is 1.25. The van der Waals surface area contributed by atoms with Gasteiger partial charge in [-0.2, -0.15) is 0 Å². The first-order valence-corrected chi connectivity index (χ1v) is 10.0. The monoisotopic (exact) mass is 439 g/mol. The van der Waals surface area contributed by atoms with Gasteiger partial charge < -0.3 is 19.5 Å². The Bertz CT molecular complexity index is 1280. The van der Waals surface area contributed by atoms with Crippen LogP contribution >= 0.6 is 0 Å². The van der Waals surface area contributed by atoms with Gasteiger partial charge in [0.15, 0.2) is 18.1 Å². The number of nitrogens with one attached hydrogen (secondary N) is 2. The van der Waals surface area contributed by atoms with Gasteiger partial charge in [0.1, 0.15) is 19.8 Å². The van der Waals surface area contributed by atoms with Crippen LogP contribution in [0.25, 0.3) is 10.8 Å². The highest BCUT2D eigenvalue weighted by Crippen LogP contribution is 2.30.